The second-order valence-corrected chi connectivity index (χ2v) is 5.59. The number of benzene rings is 2. The van der Waals surface area contributed by atoms with Crippen molar-refractivity contribution in [1.82, 2.24) is 0 Å². The van der Waals surface area contributed by atoms with Crippen LogP contribution in [0, 0.1) is 0 Å². The number of para-hydroxylation sites is 2. The average molecular weight is 373 g/mol. The van der Waals surface area contributed by atoms with Crippen LogP contribution in [0.5, 0.6) is 23.0 Å². The Morgan fingerprint density at radius 1 is 1.11 bits per heavy atom. The maximum absolute atomic E-state index is 12.1. The Labute approximate surface area is 155 Å². The summed E-state index contributed by atoms with van der Waals surface area (Å²) in [5.74, 6) is 0.815. The molecule has 3 rings (SSSR count). The van der Waals surface area contributed by atoms with Crippen LogP contribution in [0.1, 0.15) is 0 Å². The first kappa shape index (κ1) is 18.4. The molecule has 2 aromatic rings. The Hall–Kier alpha value is -3.42. The Morgan fingerprint density at radius 3 is 2.63 bits per heavy atom. The molecular formula is C19H19NO7. The summed E-state index contributed by atoms with van der Waals surface area (Å²) in [5, 5.41) is 2.62. The topological polar surface area (TPSA) is 92.3 Å². The van der Waals surface area contributed by atoms with Crippen LogP contribution in [0.15, 0.2) is 42.5 Å². The quantitative estimate of drug-likeness (QED) is 0.775. The largest absolute Gasteiger partial charge is 0.497 e. The van der Waals surface area contributed by atoms with Crippen molar-refractivity contribution in [3.63, 3.8) is 0 Å². The van der Waals surface area contributed by atoms with E-state index in [0.29, 0.717) is 28.7 Å². The molecule has 1 amide bonds. The van der Waals surface area contributed by atoms with Crippen molar-refractivity contribution in [3.8, 4) is 23.0 Å². The second kappa shape index (κ2) is 8.31. The van der Waals surface area contributed by atoms with Crippen molar-refractivity contribution < 1.29 is 33.3 Å². The second-order valence-electron chi connectivity index (χ2n) is 5.59. The number of fused-ring (bicyclic) bond motifs is 1. The Bertz CT molecular complexity index is 837. The number of rotatable bonds is 6. The highest BCUT2D eigenvalue weighted by Crippen LogP contribution is 2.31. The molecule has 0 fully saturated rings. The molecule has 8 heteroatoms. The standard InChI is InChI=1S/C19H19NO7/c1-23-12-7-8-14(24-2)13(9-12)20-18(21)11-26-19(22)17-10-25-15-5-3-4-6-16(15)27-17/h3-9,17H,10-11H2,1-2H3,(H,20,21)/t17-/m0/s1. The van der Waals surface area contributed by atoms with Crippen LogP contribution >= 0.6 is 0 Å². The number of carbonyl (C=O) groups excluding carboxylic acids is 2. The summed E-state index contributed by atoms with van der Waals surface area (Å²) >= 11 is 0. The number of nitrogens with one attached hydrogen (secondary N) is 1. The zero-order valence-corrected chi connectivity index (χ0v) is 14.9. The van der Waals surface area contributed by atoms with Gasteiger partial charge in [0, 0.05) is 6.07 Å². The predicted octanol–water partition coefficient (Wildman–Crippen LogP) is 2.03. The van der Waals surface area contributed by atoms with Gasteiger partial charge in [-0.3, -0.25) is 4.79 Å². The summed E-state index contributed by atoms with van der Waals surface area (Å²) in [4.78, 5) is 24.2. The monoisotopic (exact) mass is 373 g/mol. The number of hydrogen-bond acceptors (Lipinski definition) is 7. The Balaban J connectivity index is 1.54. The molecule has 1 aliphatic heterocycles. The molecule has 0 radical (unpaired) electrons. The minimum absolute atomic E-state index is 0.0151. The van der Waals surface area contributed by atoms with E-state index in [1.807, 2.05) is 0 Å². The molecule has 0 aromatic heterocycles. The van der Waals surface area contributed by atoms with Crippen molar-refractivity contribution in [2.24, 2.45) is 0 Å². The van der Waals surface area contributed by atoms with Crippen molar-refractivity contribution in [2.45, 2.75) is 6.10 Å². The third-order valence-corrected chi connectivity index (χ3v) is 3.80. The lowest BCUT2D eigenvalue weighted by Crippen LogP contribution is -2.39. The zero-order valence-electron chi connectivity index (χ0n) is 14.9. The van der Waals surface area contributed by atoms with Gasteiger partial charge in [0.1, 0.15) is 18.1 Å². The van der Waals surface area contributed by atoms with Crippen molar-refractivity contribution in [1.29, 1.82) is 0 Å². The van der Waals surface area contributed by atoms with Crippen LogP contribution in [-0.4, -0.2) is 45.4 Å². The third-order valence-electron chi connectivity index (χ3n) is 3.80. The van der Waals surface area contributed by atoms with E-state index >= 15 is 0 Å². The fraction of sp³-hybridized carbons (Fsp3) is 0.263. The summed E-state index contributed by atoms with van der Waals surface area (Å²) in [6.45, 7) is -0.456. The van der Waals surface area contributed by atoms with E-state index < -0.39 is 24.6 Å². The average Bonchev–Trinajstić information content (AvgIpc) is 2.71. The van der Waals surface area contributed by atoms with Gasteiger partial charge in [-0.2, -0.15) is 0 Å². The summed E-state index contributed by atoms with van der Waals surface area (Å²) in [6.07, 6.45) is -0.931. The maximum Gasteiger partial charge on any atom is 0.351 e. The lowest BCUT2D eigenvalue weighted by molar-refractivity contribution is -0.156. The minimum Gasteiger partial charge on any atom is -0.497 e. The lowest BCUT2D eigenvalue weighted by atomic mass is 10.2. The molecule has 1 N–H and O–H groups in total. The fourth-order valence-corrected chi connectivity index (χ4v) is 2.46. The maximum atomic E-state index is 12.1. The zero-order chi connectivity index (χ0) is 19.2. The van der Waals surface area contributed by atoms with E-state index in [1.165, 1.54) is 14.2 Å². The van der Waals surface area contributed by atoms with E-state index in [0.717, 1.165) is 0 Å². The van der Waals surface area contributed by atoms with E-state index in [9.17, 15) is 9.59 Å². The van der Waals surface area contributed by atoms with Gasteiger partial charge in [0.05, 0.1) is 19.9 Å². The van der Waals surface area contributed by atoms with E-state index in [1.54, 1.807) is 42.5 Å². The molecule has 8 nitrogen and oxygen atoms in total. The summed E-state index contributed by atoms with van der Waals surface area (Å²) in [7, 11) is 3.00. The molecule has 1 atom stereocenters. The van der Waals surface area contributed by atoms with Crippen molar-refractivity contribution >= 4 is 17.6 Å². The Morgan fingerprint density at radius 2 is 1.89 bits per heavy atom. The van der Waals surface area contributed by atoms with Gasteiger partial charge in [0.25, 0.3) is 5.91 Å². The van der Waals surface area contributed by atoms with Gasteiger partial charge in [0.15, 0.2) is 18.1 Å². The number of methoxy groups -OCH3 is 2. The Kier molecular flexibility index (Phi) is 5.65. The first-order chi connectivity index (χ1) is 13.1. The van der Waals surface area contributed by atoms with Gasteiger partial charge in [-0.15, -0.1) is 0 Å². The lowest BCUT2D eigenvalue weighted by Gasteiger charge is -2.24. The van der Waals surface area contributed by atoms with Gasteiger partial charge < -0.3 is 29.0 Å². The molecular weight excluding hydrogens is 354 g/mol. The number of hydrogen-bond donors (Lipinski definition) is 1. The third kappa shape index (κ3) is 4.41. The van der Waals surface area contributed by atoms with E-state index in [4.69, 9.17) is 23.7 Å². The van der Waals surface area contributed by atoms with Crippen molar-refractivity contribution in [2.75, 3.05) is 32.8 Å². The van der Waals surface area contributed by atoms with Crippen molar-refractivity contribution in [3.05, 3.63) is 42.5 Å². The van der Waals surface area contributed by atoms with Crippen LogP contribution in [-0.2, 0) is 14.3 Å². The van der Waals surface area contributed by atoms with Gasteiger partial charge in [-0.25, -0.2) is 4.79 Å². The number of amides is 1. The number of carbonyl (C=O) groups is 2. The van der Waals surface area contributed by atoms with Crippen LogP contribution in [0.25, 0.3) is 0 Å². The highest BCUT2D eigenvalue weighted by atomic mass is 16.6. The smallest absolute Gasteiger partial charge is 0.351 e. The van der Waals surface area contributed by atoms with Gasteiger partial charge >= 0.3 is 5.97 Å². The van der Waals surface area contributed by atoms with Crippen LogP contribution < -0.4 is 24.3 Å². The molecule has 0 aliphatic carbocycles. The molecule has 0 saturated heterocycles. The van der Waals surface area contributed by atoms with Crippen LogP contribution in [0.4, 0.5) is 5.69 Å². The van der Waals surface area contributed by atoms with Crippen LogP contribution in [0.3, 0.4) is 0 Å². The molecule has 0 bridgehead atoms. The molecule has 0 unspecified atom stereocenters. The van der Waals surface area contributed by atoms with Gasteiger partial charge in [-0.1, -0.05) is 12.1 Å². The molecule has 27 heavy (non-hydrogen) atoms. The van der Waals surface area contributed by atoms with Gasteiger partial charge in [-0.05, 0) is 24.3 Å². The first-order valence-electron chi connectivity index (χ1n) is 8.17. The number of ether oxygens (including phenoxy) is 5. The SMILES string of the molecule is COc1ccc(OC)c(NC(=O)COC(=O)[C@@H]2COc3ccccc3O2)c1. The van der Waals surface area contributed by atoms with E-state index in [2.05, 4.69) is 5.32 Å². The molecule has 0 spiro atoms. The highest BCUT2D eigenvalue weighted by Gasteiger charge is 2.29. The van der Waals surface area contributed by atoms with E-state index in [-0.39, 0.29) is 6.61 Å². The molecule has 142 valence electrons. The summed E-state index contributed by atoms with van der Waals surface area (Å²) in [5.41, 5.74) is 0.407. The highest BCUT2D eigenvalue weighted by molar-refractivity contribution is 5.94. The summed E-state index contributed by atoms with van der Waals surface area (Å²) < 4.78 is 26.3. The minimum atomic E-state index is -0.931. The molecule has 0 saturated carbocycles. The number of esters is 1. The predicted molar refractivity (Wildman–Crippen MR) is 95.5 cm³/mol. The summed E-state index contributed by atoms with van der Waals surface area (Å²) in [6, 6.07) is 12.0. The molecule has 1 heterocycles. The fourth-order valence-electron chi connectivity index (χ4n) is 2.46. The molecule has 1 aliphatic rings. The number of anilines is 1. The van der Waals surface area contributed by atoms with Gasteiger partial charge in [0.2, 0.25) is 6.10 Å². The normalized spacial score (nSPS) is 14.8. The first-order valence-corrected chi connectivity index (χ1v) is 8.17. The molecule has 2 aromatic carbocycles. The van der Waals surface area contributed by atoms with Crippen LogP contribution in [0.2, 0.25) is 0 Å².